The molecule has 7 nitrogen and oxygen atoms in total. The Morgan fingerprint density at radius 2 is 2.12 bits per heavy atom. The first kappa shape index (κ1) is 18.0. The topological polar surface area (TPSA) is 90.7 Å². The molecule has 0 heterocycles. The van der Waals surface area contributed by atoms with Gasteiger partial charge in [0.2, 0.25) is 0 Å². The van der Waals surface area contributed by atoms with Crippen molar-refractivity contribution in [1.29, 1.82) is 0 Å². The van der Waals surface area contributed by atoms with Gasteiger partial charge in [-0.15, -0.1) is 0 Å². The summed E-state index contributed by atoms with van der Waals surface area (Å²) in [5, 5.41) is 14.3. The van der Waals surface area contributed by atoms with Crippen molar-refractivity contribution in [2.75, 3.05) is 13.7 Å². The SMILES string of the molecule is CCOc1cc(C(=O)NC2CCCC(C)C2)c([N+](=O)[O-])cc1OC. The highest BCUT2D eigenvalue weighted by atomic mass is 16.6. The van der Waals surface area contributed by atoms with Gasteiger partial charge in [0.05, 0.1) is 24.7 Å². The molecular weight excluding hydrogens is 312 g/mol. The van der Waals surface area contributed by atoms with Crippen molar-refractivity contribution in [2.45, 2.75) is 45.6 Å². The summed E-state index contributed by atoms with van der Waals surface area (Å²) in [6, 6.07) is 2.68. The maximum absolute atomic E-state index is 12.6. The highest BCUT2D eigenvalue weighted by molar-refractivity contribution is 5.99. The third kappa shape index (κ3) is 4.15. The number of carbonyl (C=O) groups is 1. The quantitative estimate of drug-likeness (QED) is 0.636. The highest BCUT2D eigenvalue weighted by Crippen LogP contribution is 2.35. The number of benzene rings is 1. The minimum Gasteiger partial charge on any atom is -0.493 e. The van der Waals surface area contributed by atoms with Crippen LogP contribution in [0.25, 0.3) is 0 Å². The number of nitro benzene ring substituents is 1. The number of nitrogens with one attached hydrogen (secondary N) is 1. The third-order valence-corrected chi connectivity index (χ3v) is 4.29. The number of hydrogen-bond acceptors (Lipinski definition) is 5. The minimum atomic E-state index is -0.573. The lowest BCUT2D eigenvalue weighted by molar-refractivity contribution is -0.385. The van der Waals surface area contributed by atoms with Crippen molar-refractivity contribution in [3.05, 3.63) is 27.8 Å². The minimum absolute atomic E-state index is 0.00229. The fourth-order valence-electron chi connectivity index (χ4n) is 3.14. The fourth-order valence-corrected chi connectivity index (χ4v) is 3.14. The van der Waals surface area contributed by atoms with Crippen LogP contribution in [0.1, 0.15) is 49.9 Å². The average molecular weight is 336 g/mol. The van der Waals surface area contributed by atoms with E-state index in [2.05, 4.69) is 12.2 Å². The molecule has 0 saturated heterocycles. The number of nitro groups is 1. The van der Waals surface area contributed by atoms with Crippen molar-refractivity contribution in [3.8, 4) is 11.5 Å². The van der Waals surface area contributed by atoms with Crippen LogP contribution in [0.2, 0.25) is 0 Å². The van der Waals surface area contributed by atoms with E-state index in [-0.39, 0.29) is 23.0 Å². The first-order chi connectivity index (χ1) is 11.5. The standard InChI is InChI=1S/C17H24N2O5/c1-4-24-16-9-13(14(19(21)22)10-15(16)23-3)17(20)18-12-7-5-6-11(2)8-12/h9-12H,4-8H2,1-3H3,(H,18,20). The molecule has 132 valence electrons. The fraction of sp³-hybridized carbons (Fsp3) is 0.588. The maximum Gasteiger partial charge on any atom is 0.286 e. The predicted octanol–water partition coefficient (Wildman–Crippen LogP) is 3.31. The lowest BCUT2D eigenvalue weighted by Crippen LogP contribution is -2.38. The van der Waals surface area contributed by atoms with E-state index >= 15 is 0 Å². The molecule has 2 rings (SSSR count). The van der Waals surface area contributed by atoms with Crippen molar-refractivity contribution >= 4 is 11.6 Å². The number of ether oxygens (including phenoxy) is 2. The predicted molar refractivity (Wildman–Crippen MR) is 89.7 cm³/mol. The Morgan fingerprint density at radius 1 is 1.38 bits per heavy atom. The van der Waals surface area contributed by atoms with Gasteiger partial charge in [-0.05, 0) is 25.7 Å². The van der Waals surface area contributed by atoms with Crippen LogP contribution in [0.4, 0.5) is 5.69 Å². The Morgan fingerprint density at radius 3 is 2.71 bits per heavy atom. The van der Waals surface area contributed by atoms with E-state index in [0.717, 1.165) is 25.7 Å². The summed E-state index contributed by atoms with van der Waals surface area (Å²) in [5.74, 6) is 0.678. The second-order valence-corrected chi connectivity index (χ2v) is 6.15. The van der Waals surface area contributed by atoms with Crippen molar-refractivity contribution < 1.29 is 19.2 Å². The molecule has 2 atom stereocenters. The second-order valence-electron chi connectivity index (χ2n) is 6.15. The molecule has 1 aliphatic rings. The van der Waals surface area contributed by atoms with Gasteiger partial charge in [0.15, 0.2) is 11.5 Å². The van der Waals surface area contributed by atoms with E-state index in [1.807, 2.05) is 0 Å². The van der Waals surface area contributed by atoms with Crippen molar-refractivity contribution in [3.63, 3.8) is 0 Å². The van der Waals surface area contributed by atoms with Gasteiger partial charge in [-0.3, -0.25) is 14.9 Å². The van der Waals surface area contributed by atoms with Crippen LogP contribution in [-0.4, -0.2) is 30.6 Å². The van der Waals surface area contributed by atoms with Crippen LogP contribution in [-0.2, 0) is 0 Å². The Bertz CT molecular complexity index is 617. The summed E-state index contributed by atoms with van der Waals surface area (Å²) in [6.07, 6.45) is 4.01. The van der Waals surface area contributed by atoms with Crippen LogP contribution in [0.15, 0.2) is 12.1 Å². The molecule has 24 heavy (non-hydrogen) atoms. The molecule has 0 bridgehead atoms. The second kappa shape index (κ2) is 7.99. The van der Waals surface area contributed by atoms with E-state index in [0.29, 0.717) is 18.3 Å². The van der Waals surface area contributed by atoms with Crippen LogP contribution >= 0.6 is 0 Å². The molecule has 2 unspecified atom stereocenters. The highest BCUT2D eigenvalue weighted by Gasteiger charge is 2.27. The van der Waals surface area contributed by atoms with E-state index in [9.17, 15) is 14.9 Å². The zero-order chi connectivity index (χ0) is 17.7. The smallest absolute Gasteiger partial charge is 0.286 e. The summed E-state index contributed by atoms with van der Waals surface area (Å²) in [5.41, 5.74) is -0.279. The maximum atomic E-state index is 12.6. The van der Waals surface area contributed by atoms with Gasteiger partial charge < -0.3 is 14.8 Å². The van der Waals surface area contributed by atoms with Crippen LogP contribution in [0, 0.1) is 16.0 Å². The molecule has 0 aliphatic heterocycles. The number of nitrogens with zero attached hydrogens (tertiary/aromatic N) is 1. The van der Waals surface area contributed by atoms with Crippen LogP contribution in [0.3, 0.4) is 0 Å². The number of methoxy groups -OCH3 is 1. The molecule has 1 fully saturated rings. The summed E-state index contributed by atoms with van der Waals surface area (Å²) in [6.45, 7) is 4.32. The molecule has 1 aromatic carbocycles. The summed E-state index contributed by atoms with van der Waals surface area (Å²) in [7, 11) is 1.41. The van der Waals surface area contributed by atoms with Gasteiger partial charge in [0.1, 0.15) is 5.56 Å². The molecule has 0 spiro atoms. The van der Waals surface area contributed by atoms with E-state index in [1.54, 1.807) is 6.92 Å². The lowest BCUT2D eigenvalue weighted by Gasteiger charge is -2.27. The molecule has 1 N–H and O–H groups in total. The van der Waals surface area contributed by atoms with E-state index in [1.165, 1.54) is 19.2 Å². The van der Waals surface area contributed by atoms with Crippen LogP contribution in [0.5, 0.6) is 11.5 Å². The number of amides is 1. The zero-order valence-electron chi connectivity index (χ0n) is 14.3. The summed E-state index contributed by atoms with van der Waals surface area (Å²) < 4.78 is 10.6. The van der Waals surface area contributed by atoms with Gasteiger partial charge in [-0.25, -0.2) is 0 Å². The number of carbonyl (C=O) groups excluding carboxylic acids is 1. The molecular formula is C17H24N2O5. The van der Waals surface area contributed by atoms with Gasteiger partial charge in [0, 0.05) is 12.1 Å². The van der Waals surface area contributed by atoms with Crippen molar-refractivity contribution in [2.24, 2.45) is 5.92 Å². The Kier molecular flexibility index (Phi) is 6.00. The lowest BCUT2D eigenvalue weighted by atomic mass is 9.87. The molecule has 1 aliphatic carbocycles. The Labute approximate surface area is 141 Å². The molecule has 7 heteroatoms. The monoisotopic (exact) mass is 336 g/mol. The van der Waals surface area contributed by atoms with Gasteiger partial charge in [-0.1, -0.05) is 19.8 Å². The molecule has 1 aromatic rings. The first-order valence-corrected chi connectivity index (χ1v) is 8.26. The summed E-state index contributed by atoms with van der Waals surface area (Å²) >= 11 is 0. The van der Waals surface area contributed by atoms with Gasteiger partial charge in [-0.2, -0.15) is 0 Å². The average Bonchev–Trinajstić information content (AvgIpc) is 2.54. The molecule has 0 aromatic heterocycles. The van der Waals surface area contributed by atoms with E-state index in [4.69, 9.17) is 9.47 Å². The zero-order valence-corrected chi connectivity index (χ0v) is 14.3. The van der Waals surface area contributed by atoms with Crippen molar-refractivity contribution in [1.82, 2.24) is 5.32 Å². The largest absolute Gasteiger partial charge is 0.493 e. The van der Waals surface area contributed by atoms with Gasteiger partial charge >= 0.3 is 0 Å². The molecule has 0 radical (unpaired) electrons. The molecule has 1 saturated carbocycles. The van der Waals surface area contributed by atoms with Crippen LogP contribution < -0.4 is 14.8 Å². The normalized spacial score (nSPS) is 20.3. The first-order valence-electron chi connectivity index (χ1n) is 8.26. The molecule has 1 amide bonds. The van der Waals surface area contributed by atoms with E-state index < -0.39 is 10.8 Å². The number of rotatable bonds is 6. The third-order valence-electron chi connectivity index (χ3n) is 4.29. The Hall–Kier alpha value is -2.31. The summed E-state index contributed by atoms with van der Waals surface area (Å²) in [4.78, 5) is 23.4. The number of hydrogen-bond donors (Lipinski definition) is 1. The van der Waals surface area contributed by atoms with Gasteiger partial charge in [0.25, 0.3) is 11.6 Å². The Balaban J connectivity index is 2.30.